The lowest BCUT2D eigenvalue weighted by molar-refractivity contribution is -0.113. The number of carbonyl (C=O) groups excluding carboxylic acids is 1. The predicted molar refractivity (Wildman–Crippen MR) is 111 cm³/mol. The van der Waals surface area contributed by atoms with Crippen molar-refractivity contribution in [3.8, 4) is 0 Å². The molecule has 0 aliphatic heterocycles. The standard InChI is InChI=1S/C21H30N4OS/c1-15-9-11-18(16(2)13-15)22-20(26)14-27-21-24-23-19(25(21)3)12-10-17-7-5-4-6-8-17/h9,11,13,17H,4-8,10,12,14H2,1-3H3,(H,22,26). The van der Waals surface area contributed by atoms with Crippen LogP contribution < -0.4 is 5.32 Å². The zero-order valence-electron chi connectivity index (χ0n) is 16.6. The van der Waals surface area contributed by atoms with Crippen LogP contribution in [0.3, 0.4) is 0 Å². The number of amides is 1. The second-order valence-corrected chi connectivity index (χ2v) is 8.60. The van der Waals surface area contributed by atoms with Gasteiger partial charge in [-0.3, -0.25) is 4.79 Å². The Morgan fingerprint density at radius 2 is 2.00 bits per heavy atom. The van der Waals surface area contributed by atoms with Crippen LogP contribution in [0.2, 0.25) is 0 Å². The van der Waals surface area contributed by atoms with Crippen LogP contribution >= 0.6 is 11.8 Å². The Morgan fingerprint density at radius 1 is 1.22 bits per heavy atom. The quantitative estimate of drug-likeness (QED) is 0.702. The van der Waals surface area contributed by atoms with Crippen LogP contribution in [-0.2, 0) is 18.3 Å². The minimum absolute atomic E-state index is 0.0151. The first kappa shape index (κ1) is 19.9. The fraction of sp³-hybridized carbons (Fsp3) is 0.571. The average Bonchev–Trinajstić information content (AvgIpc) is 3.01. The number of aryl methyl sites for hydroxylation is 3. The molecule has 0 spiro atoms. The van der Waals surface area contributed by atoms with Crippen LogP contribution in [0.5, 0.6) is 0 Å². The summed E-state index contributed by atoms with van der Waals surface area (Å²) in [4.78, 5) is 12.3. The van der Waals surface area contributed by atoms with E-state index in [0.29, 0.717) is 5.75 Å². The number of aromatic nitrogens is 3. The molecule has 1 saturated carbocycles. The van der Waals surface area contributed by atoms with E-state index in [1.165, 1.54) is 55.9 Å². The Balaban J connectivity index is 1.49. The molecule has 0 saturated heterocycles. The number of hydrogen-bond acceptors (Lipinski definition) is 4. The van der Waals surface area contributed by atoms with Gasteiger partial charge in [0.25, 0.3) is 0 Å². The molecule has 1 amide bonds. The van der Waals surface area contributed by atoms with Gasteiger partial charge in [0.15, 0.2) is 5.16 Å². The van der Waals surface area contributed by atoms with Crippen LogP contribution in [0.15, 0.2) is 23.4 Å². The van der Waals surface area contributed by atoms with Gasteiger partial charge in [0, 0.05) is 19.2 Å². The van der Waals surface area contributed by atoms with Crippen molar-refractivity contribution >= 4 is 23.4 Å². The van der Waals surface area contributed by atoms with Crippen molar-refractivity contribution in [1.29, 1.82) is 0 Å². The smallest absolute Gasteiger partial charge is 0.234 e. The lowest BCUT2D eigenvalue weighted by Crippen LogP contribution is -2.15. The first-order valence-electron chi connectivity index (χ1n) is 9.91. The van der Waals surface area contributed by atoms with Crippen molar-refractivity contribution < 1.29 is 4.79 Å². The fourth-order valence-corrected chi connectivity index (χ4v) is 4.50. The zero-order valence-corrected chi connectivity index (χ0v) is 17.4. The first-order chi connectivity index (χ1) is 13.0. The average molecular weight is 387 g/mol. The van der Waals surface area contributed by atoms with Crippen molar-refractivity contribution in [3.05, 3.63) is 35.2 Å². The fourth-order valence-electron chi connectivity index (χ4n) is 3.77. The molecule has 0 atom stereocenters. The normalized spacial score (nSPS) is 15.1. The van der Waals surface area contributed by atoms with E-state index in [1.807, 2.05) is 37.6 Å². The maximum Gasteiger partial charge on any atom is 0.234 e. The van der Waals surface area contributed by atoms with Gasteiger partial charge in [0.05, 0.1) is 5.75 Å². The molecule has 1 heterocycles. The molecule has 1 fully saturated rings. The van der Waals surface area contributed by atoms with Gasteiger partial charge >= 0.3 is 0 Å². The van der Waals surface area contributed by atoms with Crippen molar-refractivity contribution in [2.75, 3.05) is 11.1 Å². The molecule has 6 heteroatoms. The van der Waals surface area contributed by atoms with Gasteiger partial charge in [-0.1, -0.05) is 61.6 Å². The Morgan fingerprint density at radius 3 is 2.74 bits per heavy atom. The number of thioether (sulfide) groups is 1. The van der Waals surface area contributed by atoms with Crippen molar-refractivity contribution in [2.45, 2.75) is 63.9 Å². The Hall–Kier alpha value is -1.82. The maximum absolute atomic E-state index is 12.3. The van der Waals surface area contributed by atoms with E-state index in [1.54, 1.807) is 0 Å². The summed E-state index contributed by atoms with van der Waals surface area (Å²) in [6, 6.07) is 6.04. The highest BCUT2D eigenvalue weighted by molar-refractivity contribution is 7.99. The summed E-state index contributed by atoms with van der Waals surface area (Å²) in [5, 5.41) is 12.4. The topological polar surface area (TPSA) is 59.8 Å². The minimum Gasteiger partial charge on any atom is -0.325 e. The van der Waals surface area contributed by atoms with E-state index in [4.69, 9.17) is 0 Å². The molecular weight excluding hydrogens is 356 g/mol. The molecule has 1 N–H and O–H groups in total. The number of nitrogens with one attached hydrogen (secondary N) is 1. The number of carbonyl (C=O) groups is 1. The summed E-state index contributed by atoms with van der Waals surface area (Å²) in [6.07, 6.45) is 9.04. The van der Waals surface area contributed by atoms with Gasteiger partial charge in [-0.15, -0.1) is 10.2 Å². The van der Waals surface area contributed by atoms with Crippen LogP contribution in [0.25, 0.3) is 0 Å². The number of rotatable bonds is 7. The highest BCUT2D eigenvalue weighted by atomic mass is 32.2. The molecule has 0 bridgehead atoms. The van der Waals surface area contributed by atoms with Gasteiger partial charge in [-0.25, -0.2) is 0 Å². The van der Waals surface area contributed by atoms with Crippen molar-refractivity contribution in [1.82, 2.24) is 14.8 Å². The summed E-state index contributed by atoms with van der Waals surface area (Å²) in [6.45, 7) is 4.06. The third kappa shape index (κ3) is 5.58. The van der Waals surface area contributed by atoms with Crippen LogP contribution in [0.4, 0.5) is 5.69 Å². The van der Waals surface area contributed by atoms with Crippen LogP contribution in [0.1, 0.15) is 55.5 Å². The number of hydrogen-bond donors (Lipinski definition) is 1. The van der Waals surface area contributed by atoms with Gasteiger partial charge in [0.2, 0.25) is 5.91 Å². The molecular formula is C21H30N4OS. The summed E-state index contributed by atoms with van der Waals surface area (Å²) in [5.74, 6) is 2.19. The molecule has 3 rings (SSSR count). The van der Waals surface area contributed by atoms with E-state index >= 15 is 0 Å². The summed E-state index contributed by atoms with van der Waals surface area (Å²) >= 11 is 1.44. The van der Waals surface area contributed by atoms with Crippen LogP contribution in [0, 0.1) is 19.8 Å². The molecule has 2 aromatic rings. The first-order valence-corrected chi connectivity index (χ1v) is 10.9. The lowest BCUT2D eigenvalue weighted by atomic mass is 9.86. The van der Waals surface area contributed by atoms with Gasteiger partial charge in [-0.05, 0) is 37.8 Å². The van der Waals surface area contributed by atoms with E-state index in [0.717, 1.165) is 34.6 Å². The number of nitrogens with zero attached hydrogens (tertiary/aromatic N) is 3. The van der Waals surface area contributed by atoms with E-state index in [9.17, 15) is 4.79 Å². The highest BCUT2D eigenvalue weighted by Gasteiger charge is 2.16. The third-order valence-electron chi connectivity index (χ3n) is 5.41. The van der Waals surface area contributed by atoms with Crippen molar-refractivity contribution in [2.24, 2.45) is 13.0 Å². The third-order valence-corrected chi connectivity index (χ3v) is 6.43. The van der Waals surface area contributed by atoms with Crippen molar-refractivity contribution in [3.63, 3.8) is 0 Å². The minimum atomic E-state index is -0.0151. The zero-order chi connectivity index (χ0) is 19.2. The second kappa shape index (κ2) is 9.40. The summed E-state index contributed by atoms with van der Waals surface area (Å²) in [5.41, 5.74) is 3.15. The second-order valence-electron chi connectivity index (χ2n) is 7.66. The van der Waals surface area contributed by atoms with Gasteiger partial charge in [0.1, 0.15) is 5.82 Å². The number of anilines is 1. The van der Waals surface area contributed by atoms with Gasteiger partial charge in [-0.2, -0.15) is 0 Å². The Kier molecular flexibility index (Phi) is 6.94. The van der Waals surface area contributed by atoms with Crippen LogP contribution in [-0.4, -0.2) is 26.4 Å². The number of benzene rings is 1. The SMILES string of the molecule is Cc1ccc(NC(=O)CSc2nnc(CCC3CCCCC3)n2C)c(C)c1. The molecule has 0 radical (unpaired) electrons. The maximum atomic E-state index is 12.3. The molecule has 0 unspecified atom stereocenters. The highest BCUT2D eigenvalue weighted by Crippen LogP contribution is 2.27. The Bertz CT molecular complexity index is 780. The summed E-state index contributed by atoms with van der Waals surface area (Å²) < 4.78 is 2.04. The predicted octanol–water partition coefficient (Wildman–Crippen LogP) is 4.68. The molecule has 146 valence electrons. The molecule has 1 aromatic heterocycles. The lowest BCUT2D eigenvalue weighted by Gasteiger charge is -2.20. The molecule has 27 heavy (non-hydrogen) atoms. The molecule has 1 aliphatic rings. The molecule has 5 nitrogen and oxygen atoms in total. The van der Waals surface area contributed by atoms with Gasteiger partial charge < -0.3 is 9.88 Å². The largest absolute Gasteiger partial charge is 0.325 e. The van der Waals surface area contributed by atoms with E-state index in [2.05, 4.69) is 21.6 Å². The van der Waals surface area contributed by atoms with E-state index in [-0.39, 0.29) is 5.91 Å². The molecule has 1 aromatic carbocycles. The monoisotopic (exact) mass is 386 g/mol. The Labute approximate surface area is 166 Å². The molecule has 1 aliphatic carbocycles. The summed E-state index contributed by atoms with van der Waals surface area (Å²) in [7, 11) is 2.00. The van der Waals surface area contributed by atoms with E-state index < -0.39 is 0 Å².